The van der Waals surface area contributed by atoms with Crippen molar-refractivity contribution in [3.8, 4) is 11.8 Å². The molecule has 1 heterocycles. The van der Waals surface area contributed by atoms with Gasteiger partial charge in [0.05, 0.1) is 23.5 Å². The number of hydrogen-bond acceptors (Lipinski definition) is 5. The SMILES string of the molecule is CCNC(=NCC(C)(C)OC)NCCCc1nn(-c2ccc(C)cc2)c(N)c1C#N. The van der Waals surface area contributed by atoms with Crippen molar-refractivity contribution in [2.24, 2.45) is 4.99 Å². The van der Waals surface area contributed by atoms with Crippen LogP contribution in [0.5, 0.6) is 0 Å². The van der Waals surface area contributed by atoms with Crippen molar-refractivity contribution in [1.29, 1.82) is 5.26 Å². The lowest BCUT2D eigenvalue weighted by Crippen LogP contribution is -2.39. The molecule has 0 aliphatic rings. The van der Waals surface area contributed by atoms with Crippen LogP contribution in [0.3, 0.4) is 0 Å². The Morgan fingerprint density at radius 3 is 2.60 bits per heavy atom. The lowest BCUT2D eigenvalue weighted by molar-refractivity contribution is 0.0310. The second-order valence-corrected chi connectivity index (χ2v) is 7.76. The standard InChI is InChI=1S/C22H33N7O/c1-6-25-21(27-15-22(3,4)30-5)26-13-7-8-19-18(14-23)20(24)29(28-19)17-11-9-16(2)10-12-17/h9-12H,6-8,13,15,24H2,1-5H3,(H2,25,26,27). The minimum Gasteiger partial charge on any atom is -0.382 e. The number of nitrogen functional groups attached to an aromatic ring is 1. The van der Waals surface area contributed by atoms with E-state index in [4.69, 9.17) is 10.5 Å². The first-order chi connectivity index (χ1) is 14.3. The van der Waals surface area contributed by atoms with Gasteiger partial charge in [0.1, 0.15) is 17.5 Å². The van der Waals surface area contributed by atoms with Crippen molar-refractivity contribution >= 4 is 11.8 Å². The average Bonchev–Trinajstić information content (AvgIpc) is 3.05. The number of nitrogens with one attached hydrogen (secondary N) is 2. The normalized spacial score (nSPS) is 11.9. The number of hydrogen-bond donors (Lipinski definition) is 3. The molecule has 0 amide bonds. The monoisotopic (exact) mass is 411 g/mol. The third-order valence-electron chi connectivity index (χ3n) is 4.78. The molecule has 0 spiro atoms. The topological polar surface area (TPSA) is 113 Å². The molecule has 0 atom stereocenters. The number of nitriles is 1. The summed E-state index contributed by atoms with van der Waals surface area (Å²) in [7, 11) is 1.68. The number of nitrogens with two attached hydrogens (primary N) is 1. The molecule has 30 heavy (non-hydrogen) atoms. The molecule has 1 aromatic heterocycles. The summed E-state index contributed by atoms with van der Waals surface area (Å²) in [6.45, 7) is 10.1. The summed E-state index contributed by atoms with van der Waals surface area (Å²) in [4.78, 5) is 4.58. The van der Waals surface area contributed by atoms with Crippen molar-refractivity contribution in [3.05, 3.63) is 41.1 Å². The predicted molar refractivity (Wildman–Crippen MR) is 121 cm³/mol. The van der Waals surface area contributed by atoms with Crippen LogP contribution in [0.4, 0.5) is 5.82 Å². The highest BCUT2D eigenvalue weighted by atomic mass is 16.5. The van der Waals surface area contributed by atoms with Crippen molar-refractivity contribution in [1.82, 2.24) is 20.4 Å². The van der Waals surface area contributed by atoms with E-state index in [9.17, 15) is 5.26 Å². The van der Waals surface area contributed by atoms with Crippen LogP contribution in [0.25, 0.3) is 5.69 Å². The van der Waals surface area contributed by atoms with Gasteiger partial charge in [-0.2, -0.15) is 10.4 Å². The van der Waals surface area contributed by atoms with Gasteiger partial charge in [0.15, 0.2) is 5.96 Å². The van der Waals surface area contributed by atoms with E-state index in [1.165, 1.54) is 0 Å². The number of rotatable bonds is 9. The van der Waals surface area contributed by atoms with Gasteiger partial charge in [-0.15, -0.1) is 0 Å². The minimum atomic E-state index is -0.315. The summed E-state index contributed by atoms with van der Waals surface area (Å²) in [6.07, 6.45) is 1.43. The lowest BCUT2D eigenvalue weighted by atomic mass is 10.1. The first kappa shape index (κ1) is 23.2. The number of aliphatic imine (C=N–C) groups is 1. The fourth-order valence-corrected chi connectivity index (χ4v) is 2.80. The average molecular weight is 412 g/mol. The number of aromatic nitrogens is 2. The van der Waals surface area contributed by atoms with Gasteiger partial charge in [-0.25, -0.2) is 4.68 Å². The summed E-state index contributed by atoms with van der Waals surface area (Å²) in [6, 6.07) is 10.1. The highest BCUT2D eigenvalue weighted by molar-refractivity contribution is 5.79. The molecule has 0 fully saturated rings. The molecule has 0 radical (unpaired) electrons. The van der Waals surface area contributed by atoms with Crippen LogP contribution in [0.1, 0.15) is 44.0 Å². The van der Waals surface area contributed by atoms with Gasteiger partial charge in [0.25, 0.3) is 0 Å². The second-order valence-electron chi connectivity index (χ2n) is 7.76. The smallest absolute Gasteiger partial charge is 0.191 e. The Morgan fingerprint density at radius 1 is 1.30 bits per heavy atom. The molecule has 0 aliphatic carbocycles. The Kier molecular flexibility index (Phi) is 8.25. The van der Waals surface area contributed by atoms with Crippen molar-refractivity contribution in [3.63, 3.8) is 0 Å². The summed E-state index contributed by atoms with van der Waals surface area (Å²) in [5.74, 6) is 1.12. The van der Waals surface area contributed by atoms with Crippen molar-refractivity contribution in [2.45, 2.75) is 46.1 Å². The quantitative estimate of drug-likeness (QED) is 0.332. The number of aryl methyl sites for hydroxylation is 2. The van der Waals surface area contributed by atoms with E-state index in [1.54, 1.807) is 11.8 Å². The summed E-state index contributed by atoms with van der Waals surface area (Å²) in [5.41, 5.74) is 9.03. The van der Waals surface area contributed by atoms with Gasteiger partial charge in [0.2, 0.25) is 0 Å². The number of benzene rings is 1. The maximum Gasteiger partial charge on any atom is 0.191 e. The predicted octanol–water partition coefficient (Wildman–Crippen LogP) is 2.55. The Balaban J connectivity index is 2.01. The summed E-state index contributed by atoms with van der Waals surface area (Å²) >= 11 is 0. The van der Waals surface area contributed by atoms with Gasteiger partial charge in [-0.3, -0.25) is 4.99 Å². The molecule has 0 saturated carbocycles. The van der Waals surface area contributed by atoms with E-state index >= 15 is 0 Å². The first-order valence-electron chi connectivity index (χ1n) is 10.2. The maximum absolute atomic E-state index is 9.55. The van der Waals surface area contributed by atoms with Crippen LogP contribution in [-0.4, -0.2) is 48.1 Å². The molecule has 0 saturated heterocycles. The second kappa shape index (κ2) is 10.6. The third kappa shape index (κ3) is 6.22. The van der Waals surface area contributed by atoms with Crippen LogP contribution in [0.2, 0.25) is 0 Å². The Hall–Kier alpha value is -3.05. The van der Waals surface area contributed by atoms with Crippen molar-refractivity contribution < 1.29 is 4.74 Å². The van der Waals surface area contributed by atoms with E-state index in [0.29, 0.717) is 36.6 Å². The molecule has 0 unspecified atom stereocenters. The van der Waals surface area contributed by atoms with Gasteiger partial charge < -0.3 is 21.1 Å². The molecular weight excluding hydrogens is 378 g/mol. The number of methoxy groups -OCH3 is 1. The van der Waals surface area contributed by atoms with E-state index < -0.39 is 0 Å². The van der Waals surface area contributed by atoms with Crippen LogP contribution in [-0.2, 0) is 11.2 Å². The molecule has 0 bridgehead atoms. The molecular formula is C22H33N7O. The molecule has 0 aliphatic heterocycles. The van der Waals surface area contributed by atoms with Crippen LogP contribution in [0.15, 0.2) is 29.3 Å². The van der Waals surface area contributed by atoms with Gasteiger partial charge in [0, 0.05) is 20.2 Å². The number of guanidine groups is 1. The van der Waals surface area contributed by atoms with Gasteiger partial charge in [-0.1, -0.05) is 17.7 Å². The first-order valence-corrected chi connectivity index (χ1v) is 10.2. The largest absolute Gasteiger partial charge is 0.382 e. The van der Waals surface area contributed by atoms with Crippen LogP contribution >= 0.6 is 0 Å². The third-order valence-corrected chi connectivity index (χ3v) is 4.78. The molecule has 2 aromatic rings. The fraction of sp³-hybridized carbons (Fsp3) is 0.500. The van der Waals surface area contributed by atoms with Crippen LogP contribution < -0.4 is 16.4 Å². The van der Waals surface area contributed by atoms with E-state index in [0.717, 1.165) is 30.2 Å². The highest BCUT2D eigenvalue weighted by Crippen LogP contribution is 2.21. The summed E-state index contributed by atoms with van der Waals surface area (Å²) in [5, 5.41) is 20.7. The Morgan fingerprint density at radius 2 is 2.00 bits per heavy atom. The highest BCUT2D eigenvalue weighted by Gasteiger charge is 2.17. The lowest BCUT2D eigenvalue weighted by Gasteiger charge is -2.21. The zero-order valence-corrected chi connectivity index (χ0v) is 18.6. The molecule has 1 aromatic carbocycles. The minimum absolute atomic E-state index is 0.315. The maximum atomic E-state index is 9.55. The molecule has 162 valence electrons. The number of ether oxygens (including phenoxy) is 1. The number of anilines is 1. The fourth-order valence-electron chi connectivity index (χ4n) is 2.80. The van der Waals surface area contributed by atoms with Crippen LogP contribution in [0, 0.1) is 18.3 Å². The van der Waals surface area contributed by atoms with E-state index in [2.05, 4.69) is 26.8 Å². The molecule has 4 N–H and O–H groups in total. The van der Waals surface area contributed by atoms with E-state index in [1.807, 2.05) is 52.0 Å². The zero-order valence-electron chi connectivity index (χ0n) is 18.6. The zero-order chi connectivity index (χ0) is 22.1. The van der Waals surface area contributed by atoms with Gasteiger partial charge >= 0.3 is 0 Å². The molecule has 8 heteroatoms. The molecule has 8 nitrogen and oxygen atoms in total. The Bertz CT molecular complexity index is 891. The summed E-state index contributed by atoms with van der Waals surface area (Å²) < 4.78 is 7.05. The van der Waals surface area contributed by atoms with E-state index in [-0.39, 0.29) is 5.60 Å². The number of nitrogens with zero attached hydrogens (tertiary/aromatic N) is 4. The van der Waals surface area contributed by atoms with Crippen molar-refractivity contribution in [2.75, 3.05) is 32.5 Å². The molecule has 2 rings (SSSR count). The van der Waals surface area contributed by atoms with Gasteiger partial charge in [-0.05, 0) is 52.7 Å². The Labute approximate surface area is 179 Å².